The lowest BCUT2D eigenvalue weighted by Gasteiger charge is -2.40. The Hall–Kier alpha value is -0.120. The van der Waals surface area contributed by atoms with E-state index in [-0.39, 0.29) is 0 Å². The van der Waals surface area contributed by atoms with Crippen molar-refractivity contribution in [3.63, 3.8) is 0 Å². The highest BCUT2D eigenvalue weighted by atomic mass is 16.5. The summed E-state index contributed by atoms with van der Waals surface area (Å²) in [6.07, 6.45) is 5.16. The zero-order valence-electron chi connectivity index (χ0n) is 12.2. The van der Waals surface area contributed by atoms with E-state index in [0.717, 1.165) is 32.2 Å². The van der Waals surface area contributed by atoms with Crippen LogP contribution in [0, 0.1) is 11.3 Å². The highest BCUT2D eigenvalue weighted by molar-refractivity contribution is 4.89. The summed E-state index contributed by atoms with van der Waals surface area (Å²) in [5.74, 6) is 0.884. The molecule has 0 spiro atoms. The van der Waals surface area contributed by atoms with Crippen molar-refractivity contribution in [2.45, 2.75) is 39.5 Å². The fourth-order valence-corrected chi connectivity index (χ4v) is 3.40. The SMILES string of the molecule is CCCNCC1(CN2CCC(C)C2)CCCOC1. The summed E-state index contributed by atoms with van der Waals surface area (Å²) in [6, 6.07) is 0. The molecular formula is C15H30N2O. The summed E-state index contributed by atoms with van der Waals surface area (Å²) in [5.41, 5.74) is 0.372. The molecule has 2 heterocycles. The average molecular weight is 254 g/mol. The molecule has 2 fully saturated rings. The molecule has 2 aliphatic rings. The monoisotopic (exact) mass is 254 g/mol. The van der Waals surface area contributed by atoms with Crippen molar-refractivity contribution in [1.29, 1.82) is 0 Å². The number of ether oxygens (including phenoxy) is 1. The molecule has 0 aliphatic carbocycles. The van der Waals surface area contributed by atoms with Crippen LogP contribution in [0.25, 0.3) is 0 Å². The van der Waals surface area contributed by atoms with E-state index in [1.54, 1.807) is 0 Å². The fourth-order valence-electron chi connectivity index (χ4n) is 3.40. The first-order valence-electron chi connectivity index (χ1n) is 7.75. The molecule has 0 aromatic rings. The maximum atomic E-state index is 5.79. The number of rotatable bonds is 6. The highest BCUT2D eigenvalue weighted by Crippen LogP contribution is 2.31. The molecular weight excluding hydrogens is 224 g/mol. The Kier molecular flexibility index (Phi) is 5.46. The van der Waals surface area contributed by atoms with Crippen molar-refractivity contribution >= 4 is 0 Å². The number of nitrogens with one attached hydrogen (secondary N) is 1. The van der Waals surface area contributed by atoms with E-state index >= 15 is 0 Å². The molecule has 0 amide bonds. The Morgan fingerprint density at radius 2 is 2.33 bits per heavy atom. The van der Waals surface area contributed by atoms with Gasteiger partial charge in [0.15, 0.2) is 0 Å². The second-order valence-electron chi connectivity index (χ2n) is 6.46. The zero-order valence-corrected chi connectivity index (χ0v) is 12.2. The minimum atomic E-state index is 0.372. The van der Waals surface area contributed by atoms with Gasteiger partial charge in [-0.15, -0.1) is 0 Å². The Morgan fingerprint density at radius 3 is 2.94 bits per heavy atom. The summed E-state index contributed by atoms with van der Waals surface area (Å²) < 4.78 is 5.79. The van der Waals surface area contributed by atoms with Crippen LogP contribution in [-0.4, -0.2) is 50.8 Å². The number of nitrogens with zero attached hydrogens (tertiary/aromatic N) is 1. The fraction of sp³-hybridized carbons (Fsp3) is 1.00. The van der Waals surface area contributed by atoms with Crippen molar-refractivity contribution < 1.29 is 4.74 Å². The topological polar surface area (TPSA) is 24.5 Å². The van der Waals surface area contributed by atoms with Crippen LogP contribution in [0.1, 0.15) is 39.5 Å². The minimum absolute atomic E-state index is 0.372. The summed E-state index contributed by atoms with van der Waals surface area (Å²) in [5, 5.41) is 3.62. The largest absolute Gasteiger partial charge is 0.381 e. The quantitative estimate of drug-likeness (QED) is 0.735. The van der Waals surface area contributed by atoms with Crippen molar-refractivity contribution in [2.24, 2.45) is 11.3 Å². The van der Waals surface area contributed by atoms with Gasteiger partial charge in [-0.2, -0.15) is 0 Å². The predicted molar refractivity (Wildman–Crippen MR) is 75.9 cm³/mol. The number of likely N-dealkylation sites (tertiary alicyclic amines) is 1. The van der Waals surface area contributed by atoms with Crippen LogP contribution < -0.4 is 5.32 Å². The molecule has 0 radical (unpaired) electrons. The summed E-state index contributed by atoms with van der Waals surface area (Å²) in [6.45, 7) is 12.6. The van der Waals surface area contributed by atoms with E-state index in [2.05, 4.69) is 24.1 Å². The molecule has 2 aliphatic heterocycles. The maximum absolute atomic E-state index is 5.79. The molecule has 2 atom stereocenters. The van der Waals surface area contributed by atoms with Crippen molar-refractivity contribution in [2.75, 3.05) is 45.9 Å². The number of hydrogen-bond acceptors (Lipinski definition) is 3. The van der Waals surface area contributed by atoms with Crippen molar-refractivity contribution in [1.82, 2.24) is 10.2 Å². The molecule has 0 saturated carbocycles. The van der Waals surface area contributed by atoms with E-state index in [0.29, 0.717) is 5.41 Å². The third-order valence-electron chi connectivity index (χ3n) is 4.40. The van der Waals surface area contributed by atoms with Gasteiger partial charge in [-0.3, -0.25) is 0 Å². The Balaban J connectivity index is 1.86. The van der Waals surface area contributed by atoms with Crippen molar-refractivity contribution in [3.8, 4) is 0 Å². The van der Waals surface area contributed by atoms with Gasteiger partial charge in [-0.05, 0) is 44.7 Å². The van der Waals surface area contributed by atoms with Gasteiger partial charge >= 0.3 is 0 Å². The first-order chi connectivity index (χ1) is 8.74. The normalized spacial score (nSPS) is 34.0. The lowest BCUT2D eigenvalue weighted by atomic mass is 9.81. The van der Waals surface area contributed by atoms with Crippen molar-refractivity contribution in [3.05, 3.63) is 0 Å². The molecule has 3 nitrogen and oxygen atoms in total. The zero-order chi connectivity index (χ0) is 12.8. The standard InChI is InChI=1S/C15H30N2O/c1-3-7-16-11-15(6-4-9-18-13-15)12-17-8-5-14(2)10-17/h14,16H,3-13H2,1-2H3. The van der Waals surface area contributed by atoms with Gasteiger partial charge in [0.05, 0.1) is 6.61 Å². The Morgan fingerprint density at radius 1 is 1.44 bits per heavy atom. The predicted octanol–water partition coefficient (Wildman–Crippen LogP) is 2.12. The molecule has 1 N–H and O–H groups in total. The molecule has 0 aromatic carbocycles. The van der Waals surface area contributed by atoms with Gasteiger partial charge in [0.2, 0.25) is 0 Å². The van der Waals surface area contributed by atoms with Gasteiger partial charge in [-0.1, -0.05) is 13.8 Å². The van der Waals surface area contributed by atoms with E-state index in [1.165, 1.54) is 45.3 Å². The first kappa shape index (κ1) is 14.3. The summed E-state index contributed by atoms with van der Waals surface area (Å²) >= 11 is 0. The smallest absolute Gasteiger partial charge is 0.0546 e. The van der Waals surface area contributed by atoms with Crippen LogP contribution in [0.4, 0.5) is 0 Å². The Bertz CT molecular complexity index is 239. The molecule has 2 rings (SSSR count). The first-order valence-corrected chi connectivity index (χ1v) is 7.75. The van der Waals surface area contributed by atoms with E-state index in [1.807, 2.05) is 0 Å². The summed E-state index contributed by atoms with van der Waals surface area (Å²) in [4.78, 5) is 2.66. The van der Waals surface area contributed by atoms with Gasteiger partial charge in [0, 0.05) is 31.7 Å². The van der Waals surface area contributed by atoms with E-state index in [9.17, 15) is 0 Å². The molecule has 0 aromatic heterocycles. The molecule has 18 heavy (non-hydrogen) atoms. The molecule has 0 bridgehead atoms. The highest BCUT2D eigenvalue weighted by Gasteiger charge is 2.35. The van der Waals surface area contributed by atoms with Crippen LogP contribution >= 0.6 is 0 Å². The molecule has 106 valence electrons. The lowest BCUT2D eigenvalue weighted by Crippen LogP contribution is -2.48. The van der Waals surface area contributed by atoms with E-state index in [4.69, 9.17) is 4.74 Å². The number of hydrogen-bond donors (Lipinski definition) is 1. The second kappa shape index (κ2) is 6.88. The third-order valence-corrected chi connectivity index (χ3v) is 4.40. The summed E-state index contributed by atoms with van der Waals surface area (Å²) in [7, 11) is 0. The van der Waals surface area contributed by atoms with Gasteiger partial charge < -0.3 is 15.0 Å². The molecule has 2 unspecified atom stereocenters. The van der Waals surface area contributed by atoms with Crippen LogP contribution in [-0.2, 0) is 4.74 Å². The van der Waals surface area contributed by atoms with Gasteiger partial charge in [-0.25, -0.2) is 0 Å². The van der Waals surface area contributed by atoms with Crippen LogP contribution in [0.2, 0.25) is 0 Å². The maximum Gasteiger partial charge on any atom is 0.0546 e. The second-order valence-corrected chi connectivity index (χ2v) is 6.46. The van der Waals surface area contributed by atoms with Crippen LogP contribution in [0.15, 0.2) is 0 Å². The molecule has 2 saturated heterocycles. The lowest BCUT2D eigenvalue weighted by molar-refractivity contribution is -0.0233. The average Bonchev–Trinajstić information content (AvgIpc) is 2.76. The van der Waals surface area contributed by atoms with Crippen LogP contribution in [0.5, 0.6) is 0 Å². The molecule has 3 heteroatoms. The third kappa shape index (κ3) is 3.94. The Labute approximate surface area is 112 Å². The van der Waals surface area contributed by atoms with Gasteiger partial charge in [0.25, 0.3) is 0 Å². The van der Waals surface area contributed by atoms with E-state index < -0.39 is 0 Å². The minimum Gasteiger partial charge on any atom is -0.381 e. The van der Waals surface area contributed by atoms with Crippen LogP contribution in [0.3, 0.4) is 0 Å². The van der Waals surface area contributed by atoms with Gasteiger partial charge in [0.1, 0.15) is 0 Å².